The van der Waals surface area contributed by atoms with Crippen LogP contribution in [0.1, 0.15) is 45.7 Å². The summed E-state index contributed by atoms with van der Waals surface area (Å²) in [5.41, 5.74) is 0.171. The van der Waals surface area contributed by atoms with Gasteiger partial charge in [0.2, 0.25) is 0 Å². The van der Waals surface area contributed by atoms with Crippen molar-refractivity contribution < 1.29 is 9.90 Å². The normalized spacial score (nSPS) is 14.3. The van der Waals surface area contributed by atoms with Crippen molar-refractivity contribution in [3.63, 3.8) is 0 Å². The fourth-order valence-corrected chi connectivity index (χ4v) is 1.42. The minimum absolute atomic E-state index is 0.325. The highest BCUT2D eigenvalue weighted by molar-refractivity contribution is 5.74. The quantitative estimate of drug-likeness (QED) is 0.812. The van der Waals surface area contributed by atoms with E-state index in [9.17, 15) is 9.90 Å². The second-order valence-corrected chi connectivity index (χ2v) is 5.06. The molecule has 18 heavy (non-hydrogen) atoms. The van der Waals surface area contributed by atoms with Crippen LogP contribution >= 0.6 is 0 Å². The lowest BCUT2D eigenvalue weighted by atomic mass is 9.88. The molecule has 0 fully saturated rings. The molecule has 0 spiro atoms. The SMILES string of the molecule is CCC(C)(CNc1cc(C(C)C)ncn1)C(=O)O. The minimum Gasteiger partial charge on any atom is -0.481 e. The van der Waals surface area contributed by atoms with Gasteiger partial charge in [0.1, 0.15) is 12.1 Å². The van der Waals surface area contributed by atoms with Crippen molar-refractivity contribution in [3.05, 3.63) is 18.1 Å². The molecule has 0 saturated heterocycles. The predicted octanol–water partition coefficient (Wildman–Crippen LogP) is 2.51. The maximum absolute atomic E-state index is 11.2. The summed E-state index contributed by atoms with van der Waals surface area (Å²) in [5, 5.41) is 12.3. The van der Waals surface area contributed by atoms with Crippen molar-refractivity contribution >= 4 is 11.8 Å². The second kappa shape index (κ2) is 5.80. The van der Waals surface area contributed by atoms with Crippen LogP contribution in [-0.2, 0) is 4.79 Å². The van der Waals surface area contributed by atoms with Crippen molar-refractivity contribution in [2.24, 2.45) is 5.41 Å². The molecule has 0 aromatic carbocycles. The standard InChI is InChI=1S/C13H21N3O2/c1-5-13(4,12(17)18)7-14-11-6-10(9(2)3)15-8-16-11/h6,8-9H,5,7H2,1-4H3,(H,17,18)(H,14,15,16). The van der Waals surface area contributed by atoms with Crippen LogP contribution in [-0.4, -0.2) is 27.6 Å². The van der Waals surface area contributed by atoms with Crippen molar-refractivity contribution in [1.82, 2.24) is 9.97 Å². The molecule has 0 bridgehead atoms. The highest BCUT2D eigenvalue weighted by Gasteiger charge is 2.30. The van der Waals surface area contributed by atoms with Gasteiger partial charge in [-0.1, -0.05) is 20.8 Å². The van der Waals surface area contributed by atoms with E-state index in [-0.39, 0.29) is 0 Å². The topological polar surface area (TPSA) is 75.1 Å². The molecular weight excluding hydrogens is 230 g/mol. The van der Waals surface area contributed by atoms with Crippen LogP contribution in [0.3, 0.4) is 0 Å². The molecule has 0 aliphatic heterocycles. The Morgan fingerprint density at radius 2 is 2.17 bits per heavy atom. The van der Waals surface area contributed by atoms with Gasteiger partial charge in [-0.3, -0.25) is 4.79 Å². The molecule has 5 nitrogen and oxygen atoms in total. The summed E-state index contributed by atoms with van der Waals surface area (Å²) in [6.07, 6.45) is 2.07. The molecule has 0 saturated carbocycles. The van der Waals surface area contributed by atoms with Crippen LogP contribution in [0.15, 0.2) is 12.4 Å². The van der Waals surface area contributed by atoms with Gasteiger partial charge < -0.3 is 10.4 Å². The summed E-state index contributed by atoms with van der Waals surface area (Å²) in [5.74, 6) is 0.204. The van der Waals surface area contributed by atoms with Crippen LogP contribution in [0.25, 0.3) is 0 Å². The number of carbonyl (C=O) groups is 1. The van der Waals surface area contributed by atoms with Crippen LogP contribution in [0.5, 0.6) is 0 Å². The second-order valence-electron chi connectivity index (χ2n) is 5.06. The van der Waals surface area contributed by atoms with Crippen LogP contribution < -0.4 is 5.32 Å². The molecule has 1 heterocycles. The lowest BCUT2D eigenvalue weighted by Gasteiger charge is -2.23. The lowest BCUT2D eigenvalue weighted by Crippen LogP contribution is -2.34. The molecule has 0 aliphatic carbocycles. The number of nitrogens with zero attached hydrogens (tertiary/aromatic N) is 2. The maximum Gasteiger partial charge on any atom is 0.311 e. The first-order valence-electron chi connectivity index (χ1n) is 6.18. The fraction of sp³-hybridized carbons (Fsp3) is 0.615. The summed E-state index contributed by atoms with van der Waals surface area (Å²) in [7, 11) is 0. The van der Waals surface area contributed by atoms with E-state index in [1.54, 1.807) is 6.92 Å². The Labute approximate surface area is 108 Å². The van der Waals surface area contributed by atoms with Crippen LogP contribution in [0, 0.1) is 5.41 Å². The predicted molar refractivity (Wildman–Crippen MR) is 70.6 cm³/mol. The van der Waals surface area contributed by atoms with Crippen LogP contribution in [0.4, 0.5) is 5.82 Å². The smallest absolute Gasteiger partial charge is 0.311 e. The van der Waals surface area contributed by atoms with Crippen molar-refractivity contribution in [1.29, 1.82) is 0 Å². The molecule has 1 unspecified atom stereocenters. The number of anilines is 1. The van der Waals surface area contributed by atoms with Crippen molar-refractivity contribution in [3.8, 4) is 0 Å². The van der Waals surface area contributed by atoms with Crippen molar-refractivity contribution in [2.75, 3.05) is 11.9 Å². The summed E-state index contributed by atoms with van der Waals surface area (Å²) in [4.78, 5) is 19.5. The Morgan fingerprint density at radius 3 is 2.67 bits per heavy atom. The van der Waals surface area contributed by atoms with E-state index in [1.165, 1.54) is 6.33 Å². The molecule has 0 aliphatic rings. The Hall–Kier alpha value is -1.65. The molecule has 100 valence electrons. The van der Waals surface area contributed by atoms with Gasteiger partial charge in [-0.25, -0.2) is 9.97 Å². The van der Waals surface area contributed by atoms with E-state index in [4.69, 9.17) is 0 Å². The minimum atomic E-state index is -0.796. The molecule has 1 aromatic heterocycles. The van der Waals surface area contributed by atoms with Crippen molar-refractivity contribution in [2.45, 2.75) is 40.0 Å². The van der Waals surface area contributed by atoms with Gasteiger partial charge >= 0.3 is 5.97 Å². The molecular formula is C13H21N3O2. The third-order valence-corrected chi connectivity index (χ3v) is 3.24. The first-order chi connectivity index (χ1) is 8.39. The Bertz CT molecular complexity index is 420. The molecule has 0 amide bonds. The fourth-order valence-electron chi connectivity index (χ4n) is 1.42. The van der Waals surface area contributed by atoms with Gasteiger partial charge in [0.25, 0.3) is 0 Å². The monoisotopic (exact) mass is 251 g/mol. The highest BCUT2D eigenvalue weighted by atomic mass is 16.4. The van der Waals surface area contributed by atoms with E-state index < -0.39 is 11.4 Å². The molecule has 5 heteroatoms. The van der Waals surface area contributed by atoms with E-state index in [1.807, 2.05) is 13.0 Å². The van der Waals surface area contributed by atoms with Gasteiger partial charge in [0.15, 0.2) is 0 Å². The van der Waals surface area contributed by atoms with E-state index >= 15 is 0 Å². The third kappa shape index (κ3) is 3.42. The first kappa shape index (κ1) is 14.4. The zero-order valence-electron chi connectivity index (χ0n) is 11.4. The maximum atomic E-state index is 11.2. The van der Waals surface area contributed by atoms with Crippen LogP contribution in [0.2, 0.25) is 0 Å². The average Bonchev–Trinajstić information content (AvgIpc) is 2.36. The van der Waals surface area contributed by atoms with Gasteiger partial charge in [0.05, 0.1) is 5.41 Å². The Kier molecular flexibility index (Phi) is 4.64. The Balaban J connectivity index is 2.74. The zero-order valence-corrected chi connectivity index (χ0v) is 11.4. The van der Waals surface area contributed by atoms with E-state index in [0.717, 1.165) is 5.69 Å². The highest BCUT2D eigenvalue weighted by Crippen LogP contribution is 2.22. The number of carboxylic acid groups (broad SMARTS) is 1. The largest absolute Gasteiger partial charge is 0.481 e. The number of nitrogens with one attached hydrogen (secondary N) is 1. The number of hydrogen-bond donors (Lipinski definition) is 2. The van der Waals surface area contributed by atoms with Gasteiger partial charge in [-0.05, 0) is 19.3 Å². The molecule has 1 rings (SSSR count). The van der Waals surface area contributed by atoms with E-state index in [2.05, 4.69) is 29.1 Å². The third-order valence-electron chi connectivity index (χ3n) is 3.24. The number of hydrogen-bond acceptors (Lipinski definition) is 4. The number of aromatic nitrogens is 2. The molecule has 2 N–H and O–H groups in total. The van der Waals surface area contributed by atoms with Gasteiger partial charge in [0, 0.05) is 18.3 Å². The number of aliphatic carboxylic acids is 1. The summed E-state index contributed by atoms with van der Waals surface area (Å²) in [6.45, 7) is 8.06. The van der Waals surface area contributed by atoms with Gasteiger partial charge in [-0.2, -0.15) is 0 Å². The Morgan fingerprint density at radius 1 is 1.50 bits per heavy atom. The van der Waals surface area contributed by atoms with Gasteiger partial charge in [-0.15, -0.1) is 0 Å². The number of carboxylic acids is 1. The molecule has 1 atom stereocenters. The molecule has 0 radical (unpaired) electrons. The van der Waals surface area contributed by atoms with E-state index in [0.29, 0.717) is 24.7 Å². The molecule has 1 aromatic rings. The lowest BCUT2D eigenvalue weighted by molar-refractivity contribution is -0.147. The summed E-state index contributed by atoms with van der Waals surface area (Å²) >= 11 is 0. The zero-order chi connectivity index (χ0) is 13.8. The number of rotatable bonds is 6. The average molecular weight is 251 g/mol. The summed E-state index contributed by atoms with van der Waals surface area (Å²) in [6, 6.07) is 1.86. The summed E-state index contributed by atoms with van der Waals surface area (Å²) < 4.78 is 0. The first-order valence-corrected chi connectivity index (χ1v) is 6.18.